The van der Waals surface area contributed by atoms with Gasteiger partial charge in [0.15, 0.2) is 0 Å². The first-order valence-electron chi connectivity index (χ1n) is 6.39. The van der Waals surface area contributed by atoms with Crippen molar-refractivity contribution in [2.24, 2.45) is 0 Å². The number of hydrogen-bond acceptors (Lipinski definition) is 6. The highest BCUT2D eigenvalue weighted by Gasteiger charge is 2.13. The van der Waals surface area contributed by atoms with E-state index in [1.165, 1.54) is 12.1 Å². The van der Waals surface area contributed by atoms with Crippen molar-refractivity contribution in [2.45, 2.75) is 25.7 Å². The van der Waals surface area contributed by atoms with Crippen LogP contribution in [0.25, 0.3) is 0 Å². The maximum absolute atomic E-state index is 11.6. The molecular weight excluding hydrogens is 264 g/mol. The van der Waals surface area contributed by atoms with E-state index in [-0.39, 0.29) is 23.7 Å². The van der Waals surface area contributed by atoms with E-state index < -0.39 is 5.97 Å². The number of esters is 1. The van der Waals surface area contributed by atoms with E-state index in [2.05, 4.69) is 4.74 Å². The zero-order chi connectivity index (χ0) is 14.8. The number of ether oxygens (including phenoxy) is 2. The van der Waals surface area contributed by atoms with Crippen molar-refractivity contribution < 1.29 is 29.3 Å². The molecule has 0 unspecified atom stereocenters. The summed E-state index contributed by atoms with van der Waals surface area (Å²) in [5.41, 5.74) is -0.0515. The van der Waals surface area contributed by atoms with Gasteiger partial charge in [-0.3, -0.25) is 4.79 Å². The van der Waals surface area contributed by atoms with Gasteiger partial charge in [0.05, 0.1) is 13.2 Å². The Balaban J connectivity index is 2.20. The normalized spacial score (nSPS) is 10.0. The number of phenols is 2. The molecule has 0 spiro atoms. The molecule has 0 radical (unpaired) electrons. The maximum Gasteiger partial charge on any atom is 0.342 e. The zero-order valence-corrected chi connectivity index (χ0v) is 11.1. The number of carbonyl (C=O) groups excluding carboxylic acids is 2. The van der Waals surface area contributed by atoms with Crippen LogP contribution in [-0.4, -0.2) is 35.9 Å². The lowest BCUT2D eigenvalue weighted by Gasteiger charge is -2.06. The van der Waals surface area contributed by atoms with Gasteiger partial charge in [-0.05, 0) is 43.9 Å². The van der Waals surface area contributed by atoms with Crippen LogP contribution in [0.15, 0.2) is 18.2 Å². The fourth-order valence-electron chi connectivity index (χ4n) is 1.62. The zero-order valence-electron chi connectivity index (χ0n) is 11.1. The third-order valence-electron chi connectivity index (χ3n) is 2.66. The van der Waals surface area contributed by atoms with Crippen LogP contribution in [0.2, 0.25) is 0 Å². The predicted octanol–water partition coefficient (Wildman–Crippen LogP) is 1.99. The summed E-state index contributed by atoms with van der Waals surface area (Å²) in [5.74, 6) is -0.994. The van der Waals surface area contributed by atoms with Crippen LogP contribution in [-0.2, 0) is 14.3 Å². The van der Waals surface area contributed by atoms with Gasteiger partial charge < -0.3 is 19.7 Å². The first-order chi connectivity index (χ1) is 9.65. The molecule has 0 fully saturated rings. The lowest BCUT2D eigenvalue weighted by Crippen LogP contribution is -2.06. The number of phenolic OH excluding ortho intramolecular Hbond substituents is 2. The topological polar surface area (TPSA) is 93.1 Å². The molecule has 0 atom stereocenters. The second-order valence-corrected chi connectivity index (χ2v) is 4.22. The molecule has 110 valence electrons. The largest absolute Gasteiger partial charge is 0.508 e. The Morgan fingerprint density at radius 1 is 1.10 bits per heavy atom. The summed E-state index contributed by atoms with van der Waals surface area (Å²) in [6.45, 7) is 1.06. The van der Waals surface area contributed by atoms with Gasteiger partial charge in [-0.25, -0.2) is 4.79 Å². The van der Waals surface area contributed by atoms with Gasteiger partial charge in [0.1, 0.15) is 17.1 Å². The Hall–Kier alpha value is -2.24. The number of benzene rings is 1. The van der Waals surface area contributed by atoms with Crippen LogP contribution in [0.1, 0.15) is 36.0 Å². The van der Waals surface area contributed by atoms with Crippen molar-refractivity contribution in [3.63, 3.8) is 0 Å². The van der Waals surface area contributed by atoms with Crippen LogP contribution >= 0.6 is 0 Å². The smallest absolute Gasteiger partial charge is 0.342 e. The first kappa shape index (κ1) is 15.8. The SMILES string of the molecule is O=COCCCCCCOC(=O)c1cc(O)ccc1O. The van der Waals surface area contributed by atoms with Gasteiger partial charge in [-0.15, -0.1) is 0 Å². The molecular formula is C14H18O6. The van der Waals surface area contributed by atoms with E-state index in [0.29, 0.717) is 19.5 Å². The van der Waals surface area contributed by atoms with Crippen molar-refractivity contribution in [3.05, 3.63) is 23.8 Å². The third kappa shape index (κ3) is 5.60. The van der Waals surface area contributed by atoms with E-state index in [1.54, 1.807) is 0 Å². The predicted molar refractivity (Wildman–Crippen MR) is 70.5 cm³/mol. The molecule has 20 heavy (non-hydrogen) atoms. The molecule has 0 heterocycles. The van der Waals surface area contributed by atoms with E-state index in [1.807, 2.05) is 0 Å². The lowest BCUT2D eigenvalue weighted by atomic mass is 10.2. The highest BCUT2D eigenvalue weighted by molar-refractivity contribution is 5.92. The standard InChI is InChI=1S/C14H18O6/c15-10-19-7-3-1-2-4-8-20-14(18)12-9-11(16)5-6-13(12)17/h5-6,9-10,16-17H,1-4,7-8H2. The van der Waals surface area contributed by atoms with Crippen molar-refractivity contribution in [1.82, 2.24) is 0 Å². The summed E-state index contributed by atoms with van der Waals surface area (Å²) in [6, 6.07) is 3.68. The molecule has 1 aromatic carbocycles. The van der Waals surface area contributed by atoms with Gasteiger partial charge in [-0.2, -0.15) is 0 Å². The van der Waals surface area contributed by atoms with E-state index in [4.69, 9.17) is 4.74 Å². The summed E-state index contributed by atoms with van der Waals surface area (Å²) in [6.07, 6.45) is 3.19. The minimum atomic E-state index is -0.664. The van der Waals surface area contributed by atoms with E-state index >= 15 is 0 Å². The molecule has 6 heteroatoms. The Labute approximate surface area is 116 Å². The molecule has 2 N–H and O–H groups in total. The number of hydrogen-bond donors (Lipinski definition) is 2. The maximum atomic E-state index is 11.6. The first-order valence-corrected chi connectivity index (χ1v) is 6.39. The average Bonchev–Trinajstić information content (AvgIpc) is 2.44. The summed E-state index contributed by atoms with van der Waals surface area (Å²) >= 11 is 0. The third-order valence-corrected chi connectivity index (χ3v) is 2.66. The molecule has 0 saturated heterocycles. The van der Waals surface area contributed by atoms with Crippen LogP contribution in [0.4, 0.5) is 0 Å². The van der Waals surface area contributed by atoms with Gasteiger partial charge in [-0.1, -0.05) is 0 Å². The van der Waals surface area contributed by atoms with Gasteiger partial charge in [0.25, 0.3) is 6.47 Å². The molecule has 0 bridgehead atoms. The molecule has 0 aliphatic rings. The number of aromatic hydroxyl groups is 2. The van der Waals surface area contributed by atoms with E-state index in [9.17, 15) is 19.8 Å². The molecule has 1 aromatic rings. The molecule has 0 saturated carbocycles. The highest BCUT2D eigenvalue weighted by Crippen LogP contribution is 2.22. The second kappa shape index (κ2) is 8.79. The van der Waals surface area contributed by atoms with Crippen molar-refractivity contribution >= 4 is 12.4 Å². The minimum Gasteiger partial charge on any atom is -0.508 e. The molecule has 1 rings (SSSR count). The second-order valence-electron chi connectivity index (χ2n) is 4.22. The minimum absolute atomic E-state index is 0.0515. The number of rotatable bonds is 9. The van der Waals surface area contributed by atoms with Crippen LogP contribution in [0, 0.1) is 0 Å². The highest BCUT2D eigenvalue weighted by atomic mass is 16.5. The molecule has 6 nitrogen and oxygen atoms in total. The molecule has 0 amide bonds. The van der Waals surface area contributed by atoms with Crippen molar-refractivity contribution in [1.29, 1.82) is 0 Å². The van der Waals surface area contributed by atoms with E-state index in [0.717, 1.165) is 25.3 Å². The molecule has 0 aromatic heterocycles. The summed E-state index contributed by atoms with van der Waals surface area (Å²) in [4.78, 5) is 21.5. The van der Waals surface area contributed by atoms with Crippen LogP contribution in [0.5, 0.6) is 11.5 Å². The summed E-state index contributed by atoms with van der Waals surface area (Å²) in [7, 11) is 0. The van der Waals surface area contributed by atoms with Crippen LogP contribution in [0.3, 0.4) is 0 Å². The Kier molecular flexibility index (Phi) is 6.95. The molecule has 0 aliphatic carbocycles. The fourth-order valence-corrected chi connectivity index (χ4v) is 1.62. The average molecular weight is 282 g/mol. The quantitative estimate of drug-likeness (QED) is 0.311. The lowest BCUT2D eigenvalue weighted by molar-refractivity contribution is -0.128. The summed E-state index contributed by atoms with van der Waals surface area (Å²) < 4.78 is 9.54. The van der Waals surface area contributed by atoms with Crippen molar-refractivity contribution in [2.75, 3.05) is 13.2 Å². The Bertz CT molecular complexity index is 443. The monoisotopic (exact) mass is 282 g/mol. The van der Waals surface area contributed by atoms with Crippen molar-refractivity contribution in [3.8, 4) is 11.5 Å². The number of unbranched alkanes of at least 4 members (excludes halogenated alkanes) is 3. The Morgan fingerprint density at radius 2 is 1.80 bits per heavy atom. The summed E-state index contributed by atoms with van der Waals surface area (Å²) in [5, 5.41) is 18.7. The number of carbonyl (C=O) groups is 2. The fraction of sp³-hybridized carbons (Fsp3) is 0.429. The van der Waals surface area contributed by atoms with Gasteiger partial charge in [0.2, 0.25) is 0 Å². The van der Waals surface area contributed by atoms with Gasteiger partial charge in [0, 0.05) is 0 Å². The van der Waals surface area contributed by atoms with Gasteiger partial charge >= 0.3 is 5.97 Å². The Morgan fingerprint density at radius 3 is 2.50 bits per heavy atom. The van der Waals surface area contributed by atoms with Crippen LogP contribution < -0.4 is 0 Å². The molecule has 0 aliphatic heterocycles.